The van der Waals surface area contributed by atoms with Crippen LogP contribution in [0.4, 0.5) is 22.0 Å². The topological polar surface area (TPSA) is 0 Å². The van der Waals surface area contributed by atoms with Crippen LogP contribution in [0.15, 0.2) is 36.4 Å². The van der Waals surface area contributed by atoms with Crippen molar-refractivity contribution in [1.29, 1.82) is 0 Å². The van der Waals surface area contributed by atoms with Crippen molar-refractivity contribution in [2.24, 2.45) is 17.8 Å². The molecule has 0 N–H and O–H groups in total. The lowest BCUT2D eigenvalue weighted by molar-refractivity contribution is -0.142. The summed E-state index contributed by atoms with van der Waals surface area (Å²) in [5, 5.41) is 0. The molecule has 29 heavy (non-hydrogen) atoms. The fraction of sp³-hybridized carbons (Fsp3) is 0.583. The molecule has 2 aliphatic rings. The zero-order chi connectivity index (χ0) is 21.0. The quantitative estimate of drug-likeness (QED) is 0.345. The van der Waals surface area contributed by atoms with E-state index in [-0.39, 0.29) is 5.92 Å². The molecule has 2 fully saturated rings. The van der Waals surface area contributed by atoms with Gasteiger partial charge < -0.3 is 0 Å². The number of rotatable bonds is 4. The summed E-state index contributed by atoms with van der Waals surface area (Å²) in [6, 6.07) is 1.78. The number of benzene rings is 1. The van der Waals surface area contributed by atoms with E-state index in [1.807, 2.05) is 13.0 Å². The van der Waals surface area contributed by atoms with Gasteiger partial charge in [0.1, 0.15) is 17.2 Å². The Morgan fingerprint density at radius 2 is 1.31 bits per heavy atom. The van der Waals surface area contributed by atoms with Crippen molar-refractivity contribution < 1.29 is 22.0 Å². The van der Waals surface area contributed by atoms with Crippen molar-refractivity contribution in [1.82, 2.24) is 0 Å². The lowest BCUT2D eigenvalue weighted by atomic mass is 9.68. The fourth-order valence-corrected chi connectivity index (χ4v) is 5.16. The molecule has 0 amide bonds. The van der Waals surface area contributed by atoms with Crippen LogP contribution in [-0.2, 0) is 6.18 Å². The predicted octanol–water partition coefficient (Wildman–Crippen LogP) is 8.20. The van der Waals surface area contributed by atoms with E-state index in [0.29, 0.717) is 23.3 Å². The third-order valence-corrected chi connectivity index (χ3v) is 6.76. The standard InChI is InChI=1S/C24H29F5/c1-2-3-4-5-16-6-8-17(9-7-16)18-10-12-19(13-11-18)20-14-21(25)23(22(26)15-20)24(27,28)29/h2-5,14-19H,6-13H2,1H3/b3-2+,5-4+. The summed E-state index contributed by atoms with van der Waals surface area (Å²) >= 11 is 0. The Labute approximate surface area is 169 Å². The summed E-state index contributed by atoms with van der Waals surface area (Å²) in [6.07, 6.45) is 11.9. The van der Waals surface area contributed by atoms with E-state index in [1.54, 1.807) is 0 Å². The van der Waals surface area contributed by atoms with Crippen LogP contribution in [0.25, 0.3) is 0 Å². The maximum absolute atomic E-state index is 13.9. The van der Waals surface area contributed by atoms with Gasteiger partial charge in [0.05, 0.1) is 0 Å². The molecule has 2 saturated carbocycles. The van der Waals surface area contributed by atoms with Crippen molar-refractivity contribution in [3.05, 3.63) is 59.2 Å². The molecule has 0 saturated heterocycles. The zero-order valence-corrected chi connectivity index (χ0v) is 16.8. The number of alkyl halides is 3. The highest BCUT2D eigenvalue weighted by Gasteiger charge is 2.39. The first-order chi connectivity index (χ1) is 13.8. The Kier molecular flexibility index (Phi) is 7.18. The van der Waals surface area contributed by atoms with E-state index in [0.717, 1.165) is 37.8 Å². The molecule has 1 aromatic carbocycles. The molecule has 0 atom stereocenters. The third-order valence-electron chi connectivity index (χ3n) is 6.76. The van der Waals surface area contributed by atoms with Gasteiger partial charge in [-0.2, -0.15) is 13.2 Å². The van der Waals surface area contributed by atoms with E-state index in [1.165, 1.54) is 25.7 Å². The average Bonchev–Trinajstić information content (AvgIpc) is 2.67. The molecule has 1 aromatic rings. The van der Waals surface area contributed by atoms with Gasteiger partial charge in [-0.15, -0.1) is 0 Å². The number of halogens is 5. The molecular formula is C24H29F5. The highest BCUT2D eigenvalue weighted by molar-refractivity contribution is 5.30. The summed E-state index contributed by atoms with van der Waals surface area (Å²) in [7, 11) is 0. The van der Waals surface area contributed by atoms with Crippen LogP contribution in [0.5, 0.6) is 0 Å². The molecule has 5 heteroatoms. The molecule has 0 heterocycles. The van der Waals surface area contributed by atoms with Gasteiger partial charge in [0.25, 0.3) is 0 Å². The summed E-state index contributed by atoms with van der Waals surface area (Å²) in [6.45, 7) is 2.00. The molecular weight excluding hydrogens is 383 g/mol. The predicted molar refractivity (Wildman–Crippen MR) is 105 cm³/mol. The second kappa shape index (κ2) is 9.44. The van der Waals surface area contributed by atoms with Crippen molar-refractivity contribution in [2.45, 2.75) is 70.4 Å². The summed E-state index contributed by atoms with van der Waals surface area (Å²) in [5.74, 6) is -1.09. The molecule has 160 valence electrons. The van der Waals surface area contributed by atoms with Crippen molar-refractivity contribution in [3.63, 3.8) is 0 Å². The Morgan fingerprint density at radius 1 is 0.793 bits per heavy atom. The monoisotopic (exact) mass is 412 g/mol. The summed E-state index contributed by atoms with van der Waals surface area (Å²) < 4.78 is 66.1. The highest BCUT2D eigenvalue weighted by atomic mass is 19.4. The number of hydrogen-bond acceptors (Lipinski definition) is 0. The van der Waals surface area contributed by atoms with Crippen LogP contribution in [-0.4, -0.2) is 0 Å². The Bertz CT molecular complexity index is 707. The molecule has 0 aromatic heterocycles. The van der Waals surface area contributed by atoms with Crippen LogP contribution in [0, 0.1) is 29.4 Å². The highest BCUT2D eigenvalue weighted by Crippen LogP contribution is 2.45. The van der Waals surface area contributed by atoms with Crippen molar-refractivity contribution in [3.8, 4) is 0 Å². The van der Waals surface area contributed by atoms with E-state index in [4.69, 9.17) is 0 Å². The smallest absolute Gasteiger partial charge is 0.206 e. The Hall–Kier alpha value is -1.65. The molecule has 2 aliphatic carbocycles. The van der Waals surface area contributed by atoms with Crippen molar-refractivity contribution in [2.75, 3.05) is 0 Å². The second-order valence-electron chi connectivity index (χ2n) is 8.55. The minimum atomic E-state index is -5.01. The van der Waals surface area contributed by atoms with E-state index in [2.05, 4.69) is 18.2 Å². The van der Waals surface area contributed by atoms with Gasteiger partial charge in [0.2, 0.25) is 0 Å². The minimum absolute atomic E-state index is 0.0577. The van der Waals surface area contributed by atoms with Crippen LogP contribution in [0.3, 0.4) is 0 Å². The molecule has 0 nitrogen and oxygen atoms in total. The first-order valence-corrected chi connectivity index (χ1v) is 10.6. The molecule has 0 unspecified atom stereocenters. The van der Waals surface area contributed by atoms with Gasteiger partial charge in [-0.3, -0.25) is 0 Å². The van der Waals surface area contributed by atoms with Gasteiger partial charge in [-0.1, -0.05) is 24.3 Å². The van der Waals surface area contributed by atoms with Crippen LogP contribution < -0.4 is 0 Å². The van der Waals surface area contributed by atoms with Crippen LogP contribution in [0.1, 0.15) is 75.3 Å². The Balaban J connectivity index is 1.55. The summed E-state index contributed by atoms with van der Waals surface area (Å²) in [4.78, 5) is 0. The molecule has 0 bridgehead atoms. The average molecular weight is 412 g/mol. The first kappa shape index (κ1) is 22.0. The lowest BCUT2D eigenvalue weighted by Gasteiger charge is -2.37. The van der Waals surface area contributed by atoms with Crippen LogP contribution in [0.2, 0.25) is 0 Å². The number of allylic oxidation sites excluding steroid dienone is 4. The van der Waals surface area contributed by atoms with Crippen molar-refractivity contribution >= 4 is 0 Å². The SMILES string of the molecule is C/C=C/C=C/C1CCC(C2CCC(c3cc(F)c(C(F)(F)F)c(F)c3)CC2)CC1. The minimum Gasteiger partial charge on any atom is -0.206 e. The molecule has 0 radical (unpaired) electrons. The van der Waals surface area contributed by atoms with E-state index >= 15 is 0 Å². The largest absolute Gasteiger partial charge is 0.422 e. The van der Waals surface area contributed by atoms with Gasteiger partial charge >= 0.3 is 6.18 Å². The van der Waals surface area contributed by atoms with Gasteiger partial charge in [0.15, 0.2) is 0 Å². The lowest BCUT2D eigenvalue weighted by Crippen LogP contribution is -2.25. The second-order valence-corrected chi connectivity index (χ2v) is 8.55. The van der Waals surface area contributed by atoms with Gasteiger partial charge in [0, 0.05) is 0 Å². The van der Waals surface area contributed by atoms with E-state index in [9.17, 15) is 22.0 Å². The first-order valence-electron chi connectivity index (χ1n) is 10.6. The number of hydrogen-bond donors (Lipinski definition) is 0. The maximum atomic E-state index is 13.9. The van der Waals surface area contributed by atoms with E-state index < -0.39 is 23.4 Å². The molecule has 3 rings (SSSR count). The summed E-state index contributed by atoms with van der Waals surface area (Å²) in [5.41, 5.74) is -1.42. The normalized spacial score (nSPS) is 29.0. The molecule has 0 aliphatic heterocycles. The maximum Gasteiger partial charge on any atom is 0.422 e. The molecule has 0 spiro atoms. The third kappa shape index (κ3) is 5.49. The van der Waals surface area contributed by atoms with Crippen LogP contribution >= 0.6 is 0 Å². The zero-order valence-electron chi connectivity index (χ0n) is 16.8. The van der Waals surface area contributed by atoms with Gasteiger partial charge in [-0.05, 0) is 99.7 Å². The fourth-order valence-electron chi connectivity index (χ4n) is 5.16. The Morgan fingerprint density at radius 3 is 1.79 bits per heavy atom. The van der Waals surface area contributed by atoms with Gasteiger partial charge in [-0.25, -0.2) is 8.78 Å².